The molecule has 3 N–H and O–H groups in total. The summed E-state index contributed by atoms with van der Waals surface area (Å²) >= 11 is 0. The van der Waals surface area contributed by atoms with Crippen LogP contribution in [0.15, 0.2) is 53.7 Å². The normalized spacial score (nSPS) is 16.8. The fourth-order valence-electron chi connectivity index (χ4n) is 3.58. The highest BCUT2D eigenvalue weighted by molar-refractivity contribution is 6.00. The van der Waals surface area contributed by atoms with Crippen LogP contribution in [0.1, 0.15) is 72.2 Å². The van der Waals surface area contributed by atoms with E-state index in [1.165, 1.54) is 19.1 Å². The van der Waals surface area contributed by atoms with E-state index in [9.17, 15) is 28.6 Å². The van der Waals surface area contributed by atoms with Gasteiger partial charge in [-0.15, -0.1) is 0 Å². The number of carbonyl (C=O) groups excluding carboxylic acids is 2. The summed E-state index contributed by atoms with van der Waals surface area (Å²) in [4.78, 5) is 24.7. The second-order valence-electron chi connectivity index (χ2n) is 8.23. The Morgan fingerprint density at radius 1 is 1.12 bits per heavy atom. The van der Waals surface area contributed by atoms with E-state index in [0.29, 0.717) is 24.0 Å². The number of aliphatic hydroxyl groups excluding tert-OH is 2. The molecule has 174 valence electrons. The number of hydrogen-bond acceptors (Lipinski definition) is 4. The second kappa shape index (κ2) is 11.8. The van der Waals surface area contributed by atoms with E-state index >= 15 is 0 Å². The number of rotatable bonds is 10. The fourth-order valence-corrected chi connectivity index (χ4v) is 3.58. The zero-order valence-electron chi connectivity index (χ0n) is 18.7. The summed E-state index contributed by atoms with van der Waals surface area (Å²) < 4.78 is 27.8. The van der Waals surface area contributed by atoms with Gasteiger partial charge in [0.2, 0.25) is 0 Å². The Kier molecular flexibility index (Phi) is 9.47. The number of hydrogen-bond donors (Lipinski definition) is 3. The van der Waals surface area contributed by atoms with E-state index < -0.39 is 35.8 Å². The number of nitrogens with one attached hydrogen (secondary N) is 1. The molecule has 3 atom stereocenters. The largest absolute Gasteiger partial charge is 0.390 e. The molecule has 7 heteroatoms. The Balaban J connectivity index is 2.32. The first-order chi connectivity index (χ1) is 15.1. The van der Waals surface area contributed by atoms with Crippen molar-refractivity contribution in [3.05, 3.63) is 70.3 Å². The smallest absolute Gasteiger partial charge is 0.251 e. The highest BCUT2D eigenvalue weighted by Crippen LogP contribution is 2.24. The summed E-state index contributed by atoms with van der Waals surface area (Å²) in [6.07, 6.45) is 2.50. The minimum Gasteiger partial charge on any atom is -0.390 e. The van der Waals surface area contributed by atoms with Gasteiger partial charge in [-0.25, -0.2) is 8.78 Å². The van der Waals surface area contributed by atoms with Gasteiger partial charge in [-0.05, 0) is 74.3 Å². The molecule has 0 fully saturated rings. The van der Waals surface area contributed by atoms with Crippen LogP contribution >= 0.6 is 0 Å². The average molecular weight is 448 g/mol. The van der Waals surface area contributed by atoms with Crippen molar-refractivity contribution in [2.24, 2.45) is 0 Å². The number of aliphatic hydroxyl groups is 2. The topological polar surface area (TPSA) is 86.6 Å². The predicted molar refractivity (Wildman–Crippen MR) is 120 cm³/mol. The molecule has 1 aromatic rings. The van der Waals surface area contributed by atoms with Crippen LogP contribution < -0.4 is 5.32 Å². The number of unbranched alkanes of at least 4 members (excludes halogenated alkanes) is 1. The molecule has 1 amide bonds. The summed E-state index contributed by atoms with van der Waals surface area (Å²) in [5, 5.41) is 23.9. The van der Waals surface area contributed by atoms with Crippen molar-refractivity contribution in [3.8, 4) is 0 Å². The summed E-state index contributed by atoms with van der Waals surface area (Å²) in [6.45, 7) is 5.10. The van der Waals surface area contributed by atoms with Crippen LogP contribution in [0.25, 0.3) is 0 Å². The first-order valence-electron chi connectivity index (χ1n) is 10.8. The molecular formula is C25H31F2NO4. The zero-order chi connectivity index (χ0) is 23.8. The molecular weight excluding hydrogens is 416 g/mol. The van der Waals surface area contributed by atoms with E-state index in [0.717, 1.165) is 18.6 Å². The predicted octanol–water partition coefficient (Wildman–Crippen LogP) is 4.64. The third-order valence-corrected chi connectivity index (χ3v) is 5.34. The van der Waals surface area contributed by atoms with Crippen LogP contribution in [0.2, 0.25) is 0 Å². The molecule has 1 aliphatic carbocycles. The Bertz CT molecular complexity index is 936. The summed E-state index contributed by atoms with van der Waals surface area (Å²) in [5.74, 6) is -1.90. The van der Waals surface area contributed by atoms with Gasteiger partial charge in [0.25, 0.3) is 5.91 Å². The zero-order valence-corrected chi connectivity index (χ0v) is 18.7. The van der Waals surface area contributed by atoms with Gasteiger partial charge in [0.1, 0.15) is 17.8 Å². The highest BCUT2D eigenvalue weighted by atomic mass is 19.1. The molecule has 0 aromatic heterocycles. The van der Waals surface area contributed by atoms with Gasteiger partial charge in [-0.2, -0.15) is 0 Å². The van der Waals surface area contributed by atoms with Crippen LogP contribution in [-0.4, -0.2) is 40.2 Å². The summed E-state index contributed by atoms with van der Waals surface area (Å²) in [6, 6.07) is 3.72. The molecule has 0 heterocycles. The number of benzene rings is 1. The van der Waals surface area contributed by atoms with Crippen molar-refractivity contribution < 1.29 is 28.6 Å². The van der Waals surface area contributed by atoms with Crippen molar-refractivity contribution in [1.82, 2.24) is 5.32 Å². The Labute approximate surface area is 187 Å². The quantitative estimate of drug-likeness (QED) is 0.456. The number of Topliss-reactive ketones (excluding diaryl/α,β-unsaturated/α-hetero) is 1. The maximum atomic E-state index is 13.9. The van der Waals surface area contributed by atoms with E-state index in [4.69, 9.17) is 0 Å². The lowest BCUT2D eigenvalue weighted by molar-refractivity contribution is -0.00799. The minimum absolute atomic E-state index is 0.0871. The Morgan fingerprint density at radius 2 is 1.81 bits per heavy atom. The maximum Gasteiger partial charge on any atom is 0.251 e. The van der Waals surface area contributed by atoms with Gasteiger partial charge in [0, 0.05) is 17.5 Å². The lowest BCUT2D eigenvalue weighted by Gasteiger charge is -2.28. The van der Waals surface area contributed by atoms with Gasteiger partial charge in [-0.1, -0.05) is 19.8 Å². The molecule has 32 heavy (non-hydrogen) atoms. The van der Waals surface area contributed by atoms with Crippen LogP contribution in [0.5, 0.6) is 0 Å². The van der Waals surface area contributed by atoms with Crippen molar-refractivity contribution in [3.63, 3.8) is 0 Å². The van der Waals surface area contributed by atoms with Crippen molar-refractivity contribution in [2.75, 3.05) is 0 Å². The second-order valence-corrected chi connectivity index (χ2v) is 8.23. The SMILES string of the molecule is CCCCC(O)C(O)C(CC1=CC(F)=CCC(F)=C1)NC(=O)c1cc(C)cc(C(C)=O)c1. The molecule has 0 bridgehead atoms. The van der Waals surface area contributed by atoms with Gasteiger partial charge in [0.15, 0.2) is 5.78 Å². The molecule has 0 radical (unpaired) electrons. The maximum absolute atomic E-state index is 13.9. The summed E-state index contributed by atoms with van der Waals surface area (Å²) in [7, 11) is 0. The lowest BCUT2D eigenvalue weighted by atomic mass is 9.94. The first kappa shape index (κ1) is 25.6. The Hall–Kier alpha value is -2.64. The third kappa shape index (κ3) is 7.50. The number of ketones is 1. The number of carbonyl (C=O) groups is 2. The first-order valence-corrected chi connectivity index (χ1v) is 10.8. The number of amides is 1. The van der Waals surface area contributed by atoms with Crippen LogP contribution in [0.4, 0.5) is 8.78 Å². The highest BCUT2D eigenvalue weighted by Gasteiger charge is 2.29. The van der Waals surface area contributed by atoms with E-state index in [1.54, 1.807) is 19.1 Å². The molecule has 0 saturated carbocycles. The van der Waals surface area contributed by atoms with Crippen LogP contribution in [-0.2, 0) is 0 Å². The monoisotopic (exact) mass is 447 g/mol. The lowest BCUT2D eigenvalue weighted by Crippen LogP contribution is -2.48. The molecule has 1 aliphatic rings. The minimum atomic E-state index is -1.35. The van der Waals surface area contributed by atoms with Crippen molar-refractivity contribution in [1.29, 1.82) is 0 Å². The molecule has 3 unspecified atom stereocenters. The number of aryl methyl sites for hydroxylation is 1. The van der Waals surface area contributed by atoms with E-state index in [1.807, 2.05) is 6.92 Å². The van der Waals surface area contributed by atoms with E-state index in [2.05, 4.69) is 5.32 Å². The van der Waals surface area contributed by atoms with Crippen molar-refractivity contribution in [2.45, 2.75) is 71.1 Å². The standard InChI is InChI=1S/C25H31F2NO4/c1-4-5-6-23(30)24(31)22(13-17-11-20(26)7-8-21(27)12-17)28-25(32)19-10-15(2)9-18(14-19)16(3)29/h7,9-12,14,22-24,30-31H,4-6,8,13H2,1-3H3,(H,28,32). The average Bonchev–Trinajstić information content (AvgIpc) is 2.90. The summed E-state index contributed by atoms with van der Waals surface area (Å²) in [5.41, 5.74) is 1.55. The molecule has 1 aromatic carbocycles. The Morgan fingerprint density at radius 3 is 2.47 bits per heavy atom. The third-order valence-electron chi connectivity index (χ3n) is 5.34. The van der Waals surface area contributed by atoms with Gasteiger partial charge >= 0.3 is 0 Å². The van der Waals surface area contributed by atoms with Gasteiger partial charge in [0.05, 0.1) is 12.1 Å². The van der Waals surface area contributed by atoms with Crippen LogP contribution in [0.3, 0.4) is 0 Å². The molecule has 0 aliphatic heterocycles. The van der Waals surface area contributed by atoms with Crippen molar-refractivity contribution >= 4 is 11.7 Å². The fraction of sp³-hybridized carbons (Fsp3) is 0.440. The molecule has 5 nitrogen and oxygen atoms in total. The van der Waals surface area contributed by atoms with Gasteiger partial charge < -0.3 is 15.5 Å². The molecule has 0 spiro atoms. The number of allylic oxidation sites excluding steroid dienone is 5. The number of halogens is 2. The molecule has 2 rings (SSSR count). The molecule has 0 saturated heterocycles. The van der Waals surface area contributed by atoms with Gasteiger partial charge in [-0.3, -0.25) is 9.59 Å². The van der Waals surface area contributed by atoms with Crippen LogP contribution in [0, 0.1) is 6.92 Å². The van der Waals surface area contributed by atoms with E-state index in [-0.39, 0.29) is 29.8 Å².